The van der Waals surface area contributed by atoms with Crippen molar-refractivity contribution in [2.75, 3.05) is 11.9 Å². The van der Waals surface area contributed by atoms with Crippen LogP contribution in [0.25, 0.3) is 0 Å². The van der Waals surface area contributed by atoms with E-state index in [4.69, 9.17) is 5.73 Å². The Hall–Kier alpha value is -0.540. The van der Waals surface area contributed by atoms with Crippen molar-refractivity contribution in [3.05, 3.63) is 28.2 Å². The molecule has 0 spiro atoms. The first-order valence-electron chi connectivity index (χ1n) is 7.27. The molecule has 106 valence electrons. The lowest BCUT2D eigenvalue weighted by atomic mass is 9.86. The Balaban J connectivity index is 2.11. The third-order valence-electron chi connectivity index (χ3n) is 4.41. The standard InChI is InChI=1S/C16H25BrN2/c1-11-4-6-13(7-5-11)19(3)14-8-9-15(12(2)18)16(17)10-14/h8-13H,4-7,18H2,1-3H3. The van der Waals surface area contributed by atoms with Gasteiger partial charge in [0.25, 0.3) is 0 Å². The van der Waals surface area contributed by atoms with Gasteiger partial charge in [-0.15, -0.1) is 0 Å². The van der Waals surface area contributed by atoms with E-state index in [2.05, 4.69) is 53.0 Å². The summed E-state index contributed by atoms with van der Waals surface area (Å²) in [6.45, 7) is 4.39. The molecular weight excluding hydrogens is 300 g/mol. The molecule has 0 heterocycles. The second-order valence-corrected chi connectivity index (χ2v) is 6.87. The zero-order valence-corrected chi connectivity index (χ0v) is 13.8. The van der Waals surface area contributed by atoms with E-state index in [-0.39, 0.29) is 6.04 Å². The molecule has 2 N–H and O–H groups in total. The van der Waals surface area contributed by atoms with E-state index in [0.717, 1.165) is 10.4 Å². The van der Waals surface area contributed by atoms with Gasteiger partial charge in [0.15, 0.2) is 0 Å². The van der Waals surface area contributed by atoms with E-state index in [9.17, 15) is 0 Å². The fourth-order valence-electron chi connectivity index (χ4n) is 2.95. The minimum absolute atomic E-state index is 0.0734. The third kappa shape index (κ3) is 3.51. The first-order valence-corrected chi connectivity index (χ1v) is 8.06. The van der Waals surface area contributed by atoms with Gasteiger partial charge < -0.3 is 10.6 Å². The predicted molar refractivity (Wildman–Crippen MR) is 86.6 cm³/mol. The van der Waals surface area contributed by atoms with Gasteiger partial charge in [0, 0.05) is 29.3 Å². The number of halogens is 1. The lowest BCUT2D eigenvalue weighted by molar-refractivity contribution is 0.341. The quantitative estimate of drug-likeness (QED) is 0.887. The molecule has 1 aliphatic rings. The molecule has 0 saturated heterocycles. The third-order valence-corrected chi connectivity index (χ3v) is 5.10. The molecule has 1 atom stereocenters. The molecular formula is C16H25BrN2. The highest BCUT2D eigenvalue weighted by molar-refractivity contribution is 9.10. The van der Waals surface area contributed by atoms with Crippen molar-refractivity contribution in [2.24, 2.45) is 11.7 Å². The summed E-state index contributed by atoms with van der Waals surface area (Å²) in [5, 5.41) is 0. The number of nitrogens with two attached hydrogens (primary N) is 1. The Morgan fingerprint density at radius 2 is 1.89 bits per heavy atom. The maximum atomic E-state index is 5.96. The van der Waals surface area contributed by atoms with Crippen molar-refractivity contribution in [1.29, 1.82) is 0 Å². The topological polar surface area (TPSA) is 29.3 Å². The van der Waals surface area contributed by atoms with E-state index >= 15 is 0 Å². The molecule has 0 radical (unpaired) electrons. The van der Waals surface area contributed by atoms with Crippen LogP contribution >= 0.6 is 15.9 Å². The van der Waals surface area contributed by atoms with Crippen LogP contribution in [0.15, 0.2) is 22.7 Å². The smallest absolute Gasteiger partial charge is 0.0377 e. The van der Waals surface area contributed by atoms with Crippen LogP contribution < -0.4 is 10.6 Å². The lowest BCUT2D eigenvalue weighted by Gasteiger charge is -2.35. The number of benzene rings is 1. The van der Waals surface area contributed by atoms with Crippen molar-refractivity contribution in [3.8, 4) is 0 Å². The van der Waals surface area contributed by atoms with Gasteiger partial charge in [0.1, 0.15) is 0 Å². The average molecular weight is 325 g/mol. The molecule has 1 aromatic rings. The zero-order chi connectivity index (χ0) is 14.0. The van der Waals surface area contributed by atoms with E-state index in [1.165, 1.54) is 36.9 Å². The van der Waals surface area contributed by atoms with Crippen LogP contribution in [0, 0.1) is 5.92 Å². The summed E-state index contributed by atoms with van der Waals surface area (Å²) in [4.78, 5) is 2.43. The molecule has 0 aliphatic heterocycles. The van der Waals surface area contributed by atoms with Gasteiger partial charge in [0.2, 0.25) is 0 Å². The molecule has 1 unspecified atom stereocenters. The number of rotatable bonds is 3. The predicted octanol–water partition coefficient (Wildman–Crippen LogP) is 4.48. The van der Waals surface area contributed by atoms with Gasteiger partial charge >= 0.3 is 0 Å². The fraction of sp³-hybridized carbons (Fsp3) is 0.625. The van der Waals surface area contributed by atoms with Crippen LogP contribution in [0.5, 0.6) is 0 Å². The maximum absolute atomic E-state index is 5.96. The SMILES string of the molecule is CC1CCC(N(C)c2ccc(C(C)N)c(Br)c2)CC1. The fourth-order valence-corrected chi connectivity index (χ4v) is 3.67. The van der Waals surface area contributed by atoms with Crippen LogP contribution in [0.1, 0.15) is 51.1 Å². The van der Waals surface area contributed by atoms with Gasteiger partial charge in [-0.3, -0.25) is 0 Å². The van der Waals surface area contributed by atoms with E-state index < -0.39 is 0 Å². The van der Waals surface area contributed by atoms with Crippen molar-refractivity contribution < 1.29 is 0 Å². The molecule has 3 heteroatoms. The maximum Gasteiger partial charge on any atom is 0.0377 e. The second-order valence-electron chi connectivity index (χ2n) is 6.02. The highest BCUT2D eigenvalue weighted by Gasteiger charge is 2.22. The molecule has 0 bridgehead atoms. The van der Waals surface area contributed by atoms with E-state index in [1.54, 1.807) is 0 Å². The Kier molecular flexibility index (Phi) is 4.91. The van der Waals surface area contributed by atoms with Crippen LogP contribution in [0.2, 0.25) is 0 Å². The number of hydrogen-bond donors (Lipinski definition) is 1. The van der Waals surface area contributed by atoms with E-state index in [1.807, 2.05) is 6.92 Å². The summed E-state index contributed by atoms with van der Waals surface area (Å²) in [5.74, 6) is 0.900. The molecule has 1 saturated carbocycles. The summed E-state index contributed by atoms with van der Waals surface area (Å²) >= 11 is 3.64. The van der Waals surface area contributed by atoms with Gasteiger partial charge in [-0.25, -0.2) is 0 Å². The van der Waals surface area contributed by atoms with E-state index in [0.29, 0.717) is 6.04 Å². The summed E-state index contributed by atoms with van der Waals surface area (Å²) < 4.78 is 1.12. The summed E-state index contributed by atoms with van der Waals surface area (Å²) in [6.07, 6.45) is 5.33. The molecule has 1 aromatic carbocycles. The Morgan fingerprint density at radius 3 is 2.42 bits per heavy atom. The minimum atomic E-state index is 0.0734. The molecule has 1 aliphatic carbocycles. The molecule has 2 nitrogen and oxygen atoms in total. The first-order chi connectivity index (χ1) is 8.99. The van der Waals surface area contributed by atoms with Gasteiger partial charge in [-0.05, 0) is 56.2 Å². The van der Waals surface area contributed by atoms with Crippen LogP contribution in [-0.2, 0) is 0 Å². The zero-order valence-electron chi connectivity index (χ0n) is 12.2. The second kappa shape index (κ2) is 6.27. The molecule has 0 amide bonds. The Labute approximate surface area is 125 Å². The molecule has 0 aromatic heterocycles. The monoisotopic (exact) mass is 324 g/mol. The average Bonchev–Trinajstić information content (AvgIpc) is 2.38. The van der Waals surface area contributed by atoms with Crippen molar-refractivity contribution >= 4 is 21.6 Å². The number of nitrogens with zero attached hydrogens (tertiary/aromatic N) is 1. The normalized spacial score (nSPS) is 25.1. The summed E-state index contributed by atoms with van der Waals surface area (Å²) in [5.41, 5.74) is 8.42. The molecule has 1 fully saturated rings. The highest BCUT2D eigenvalue weighted by atomic mass is 79.9. The summed E-state index contributed by atoms with van der Waals surface area (Å²) in [7, 11) is 2.22. The lowest BCUT2D eigenvalue weighted by Crippen LogP contribution is -2.34. The van der Waals surface area contributed by atoms with Gasteiger partial charge in [0.05, 0.1) is 0 Å². The van der Waals surface area contributed by atoms with Gasteiger partial charge in [-0.2, -0.15) is 0 Å². The highest BCUT2D eigenvalue weighted by Crippen LogP contribution is 2.32. The van der Waals surface area contributed by atoms with Gasteiger partial charge in [-0.1, -0.05) is 28.9 Å². The van der Waals surface area contributed by atoms with Crippen molar-refractivity contribution in [2.45, 2.75) is 51.6 Å². The van der Waals surface area contributed by atoms with Crippen LogP contribution in [0.3, 0.4) is 0 Å². The van der Waals surface area contributed by atoms with Crippen molar-refractivity contribution in [1.82, 2.24) is 0 Å². The van der Waals surface area contributed by atoms with Crippen LogP contribution in [-0.4, -0.2) is 13.1 Å². The minimum Gasteiger partial charge on any atom is -0.372 e. The molecule has 19 heavy (non-hydrogen) atoms. The van der Waals surface area contributed by atoms with Crippen molar-refractivity contribution in [3.63, 3.8) is 0 Å². The summed E-state index contributed by atoms with van der Waals surface area (Å²) in [6, 6.07) is 7.30. The molecule has 2 rings (SSSR count). The Morgan fingerprint density at radius 1 is 1.26 bits per heavy atom. The number of hydrogen-bond acceptors (Lipinski definition) is 2. The first kappa shape index (κ1) is 14.9. The van der Waals surface area contributed by atoms with Crippen LogP contribution in [0.4, 0.5) is 5.69 Å². The largest absolute Gasteiger partial charge is 0.372 e. The Bertz CT molecular complexity index is 423. The number of anilines is 1.